The summed E-state index contributed by atoms with van der Waals surface area (Å²) >= 11 is 2.16. The van der Waals surface area contributed by atoms with Crippen molar-refractivity contribution in [2.75, 3.05) is 18.8 Å². The van der Waals surface area contributed by atoms with E-state index in [1.807, 2.05) is 0 Å². The predicted molar refractivity (Wildman–Crippen MR) is 85.6 cm³/mol. The number of hydrogen-bond acceptors (Lipinski definition) is 2. The molecule has 108 valence electrons. The smallest absolute Gasteiger partial charge is 0.0256 e. The Morgan fingerprint density at radius 2 is 1.67 bits per heavy atom. The summed E-state index contributed by atoms with van der Waals surface area (Å²) in [5, 5.41) is 3.66. The lowest BCUT2D eigenvalue weighted by Gasteiger charge is -2.22. The molecule has 1 atom stereocenters. The molecular weight excluding hydrogens is 238 g/mol. The average molecular weight is 272 g/mol. The van der Waals surface area contributed by atoms with E-state index in [0.717, 1.165) is 0 Å². The van der Waals surface area contributed by atoms with E-state index in [1.165, 1.54) is 83.1 Å². The summed E-state index contributed by atoms with van der Waals surface area (Å²) in [6, 6.07) is 0. The van der Waals surface area contributed by atoms with Gasteiger partial charge in [0, 0.05) is 11.3 Å². The fraction of sp³-hybridized carbons (Fsp3) is 1.00. The lowest BCUT2D eigenvalue weighted by Crippen LogP contribution is -2.33. The highest BCUT2D eigenvalue weighted by atomic mass is 32.2. The van der Waals surface area contributed by atoms with Crippen molar-refractivity contribution in [3.05, 3.63) is 0 Å². The molecule has 0 radical (unpaired) electrons. The molecule has 0 amide bonds. The van der Waals surface area contributed by atoms with Crippen LogP contribution in [0.1, 0.15) is 78.1 Å². The lowest BCUT2D eigenvalue weighted by atomic mass is 10.1. The summed E-state index contributed by atoms with van der Waals surface area (Å²) in [5.74, 6) is 1.37. The zero-order valence-electron chi connectivity index (χ0n) is 12.6. The number of unbranched alkanes of at least 4 members (excludes halogenated alkanes) is 7. The maximum absolute atomic E-state index is 3.66. The van der Waals surface area contributed by atoms with Gasteiger partial charge in [-0.25, -0.2) is 0 Å². The first-order valence-electron chi connectivity index (χ1n) is 8.11. The van der Waals surface area contributed by atoms with E-state index < -0.39 is 0 Å². The van der Waals surface area contributed by atoms with E-state index >= 15 is 0 Å². The van der Waals surface area contributed by atoms with Gasteiger partial charge in [0.1, 0.15) is 0 Å². The van der Waals surface area contributed by atoms with Gasteiger partial charge in [-0.2, -0.15) is 11.8 Å². The molecule has 1 saturated heterocycles. The monoisotopic (exact) mass is 271 g/mol. The number of thioether (sulfide) groups is 1. The van der Waals surface area contributed by atoms with Gasteiger partial charge in [0.05, 0.1) is 0 Å². The van der Waals surface area contributed by atoms with Crippen molar-refractivity contribution < 1.29 is 0 Å². The van der Waals surface area contributed by atoms with Gasteiger partial charge in [0.2, 0.25) is 0 Å². The third kappa shape index (κ3) is 7.68. The van der Waals surface area contributed by atoms with E-state index in [2.05, 4.69) is 30.9 Å². The van der Waals surface area contributed by atoms with E-state index in [-0.39, 0.29) is 0 Å². The first-order chi connectivity index (χ1) is 8.77. The molecule has 0 aliphatic carbocycles. The minimum atomic E-state index is 0.542. The van der Waals surface area contributed by atoms with Crippen LogP contribution in [-0.2, 0) is 0 Å². The Morgan fingerprint density at radius 1 is 1.00 bits per heavy atom. The van der Waals surface area contributed by atoms with E-state index in [9.17, 15) is 0 Å². The number of hydrogen-bond donors (Lipinski definition) is 1. The van der Waals surface area contributed by atoms with Crippen LogP contribution in [0.4, 0.5) is 0 Å². The van der Waals surface area contributed by atoms with Crippen LogP contribution >= 0.6 is 11.8 Å². The molecular formula is C16H33NS. The summed E-state index contributed by atoms with van der Waals surface area (Å²) in [4.78, 5) is 0. The highest BCUT2D eigenvalue weighted by molar-refractivity contribution is 8.00. The summed E-state index contributed by atoms with van der Waals surface area (Å²) in [5.41, 5.74) is 0. The molecule has 1 nitrogen and oxygen atoms in total. The van der Waals surface area contributed by atoms with Crippen LogP contribution in [0.15, 0.2) is 0 Å². The summed E-state index contributed by atoms with van der Waals surface area (Å²) in [6.07, 6.45) is 14.2. The maximum Gasteiger partial charge on any atom is 0.0256 e. The van der Waals surface area contributed by atoms with Gasteiger partial charge in [-0.05, 0) is 38.5 Å². The second kappa shape index (κ2) is 10.1. The van der Waals surface area contributed by atoms with Crippen molar-refractivity contribution in [1.82, 2.24) is 5.32 Å². The molecule has 18 heavy (non-hydrogen) atoms. The highest BCUT2D eigenvalue weighted by Gasteiger charge is 2.28. The van der Waals surface area contributed by atoms with Gasteiger partial charge in [-0.3, -0.25) is 0 Å². The summed E-state index contributed by atoms with van der Waals surface area (Å²) in [6.45, 7) is 7.15. The summed E-state index contributed by atoms with van der Waals surface area (Å²) < 4.78 is 0.542. The Hall–Kier alpha value is 0.310. The second-order valence-electron chi connectivity index (χ2n) is 6.05. The molecule has 1 heterocycles. The molecule has 1 unspecified atom stereocenters. The van der Waals surface area contributed by atoms with Gasteiger partial charge < -0.3 is 5.32 Å². The van der Waals surface area contributed by atoms with Crippen LogP contribution in [0.25, 0.3) is 0 Å². The van der Waals surface area contributed by atoms with Gasteiger partial charge in [0.25, 0.3) is 0 Å². The largest absolute Gasteiger partial charge is 0.315 e. The van der Waals surface area contributed by atoms with Crippen molar-refractivity contribution in [3.8, 4) is 0 Å². The Labute approximate surface area is 119 Å². The van der Waals surface area contributed by atoms with Crippen molar-refractivity contribution in [3.63, 3.8) is 0 Å². The predicted octanol–water partition coefficient (Wildman–Crippen LogP) is 5.00. The quantitative estimate of drug-likeness (QED) is 0.531. The van der Waals surface area contributed by atoms with Crippen molar-refractivity contribution in [2.24, 2.45) is 0 Å². The van der Waals surface area contributed by atoms with E-state index in [4.69, 9.17) is 0 Å². The molecule has 1 fully saturated rings. The molecule has 1 aliphatic heterocycles. The van der Waals surface area contributed by atoms with Crippen molar-refractivity contribution in [1.29, 1.82) is 0 Å². The van der Waals surface area contributed by atoms with Crippen LogP contribution in [0.3, 0.4) is 0 Å². The fourth-order valence-corrected chi connectivity index (χ4v) is 3.99. The minimum absolute atomic E-state index is 0.542. The Bertz CT molecular complexity index is 188. The van der Waals surface area contributed by atoms with E-state index in [0.29, 0.717) is 4.75 Å². The maximum atomic E-state index is 3.66. The average Bonchev–Trinajstić information content (AvgIpc) is 2.79. The topological polar surface area (TPSA) is 12.0 Å². The number of rotatable bonds is 11. The first-order valence-corrected chi connectivity index (χ1v) is 9.10. The van der Waals surface area contributed by atoms with Gasteiger partial charge >= 0.3 is 0 Å². The van der Waals surface area contributed by atoms with Crippen LogP contribution in [0.5, 0.6) is 0 Å². The molecule has 0 saturated carbocycles. The normalized spacial score (nSPS) is 23.7. The molecule has 1 N–H and O–H groups in total. The SMILES string of the molecule is CCCCCCCCCCNCC1(C)CCCS1. The van der Waals surface area contributed by atoms with Crippen LogP contribution in [-0.4, -0.2) is 23.6 Å². The molecule has 1 aliphatic rings. The molecule has 2 heteroatoms. The third-order valence-electron chi connectivity index (χ3n) is 4.01. The molecule has 0 aromatic carbocycles. The minimum Gasteiger partial charge on any atom is -0.315 e. The summed E-state index contributed by atoms with van der Waals surface area (Å²) in [7, 11) is 0. The molecule has 0 aromatic rings. The van der Waals surface area contributed by atoms with E-state index in [1.54, 1.807) is 0 Å². The second-order valence-corrected chi connectivity index (χ2v) is 7.74. The third-order valence-corrected chi connectivity index (χ3v) is 5.54. The van der Waals surface area contributed by atoms with Gasteiger partial charge in [0.15, 0.2) is 0 Å². The molecule has 0 bridgehead atoms. The standard InChI is InChI=1S/C16H33NS/c1-3-4-5-6-7-8-9-10-13-17-15-16(2)12-11-14-18-16/h17H,3-15H2,1-2H3. The zero-order valence-corrected chi connectivity index (χ0v) is 13.4. The zero-order chi connectivity index (χ0) is 13.1. The number of nitrogens with one attached hydrogen (secondary N) is 1. The first kappa shape index (κ1) is 16.4. The lowest BCUT2D eigenvalue weighted by molar-refractivity contribution is 0.512. The van der Waals surface area contributed by atoms with Crippen molar-refractivity contribution >= 4 is 11.8 Å². The van der Waals surface area contributed by atoms with Gasteiger partial charge in [-0.1, -0.05) is 51.9 Å². The Morgan fingerprint density at radius 3 is 2.28 bits per heavy atom. The van der Waals surface area contributed by atoms with Crippen LogP contribution < -0.4 is 5.32 Å². The van der Waals surface area contributed by atoms with Crippen molar-refractivity contribution in [2.45, 2.75) is 82.8 Å². The van der Waals surface area contributed by atoms with Crippen LogP contribution in [0.2, 0.25) is 0 Å². The molecule has 0 spiro atoms. The van der Waals surface area contributed by atoms with Crippen LogP contribution in [0, 0.1) is 0 Å². The Balaban J connectivity index is 1.78. The molecule has 0 aromatic heterocycles. The molecule has 1 rings (SSSR count). The fourth-order valence-electron chi connectivity index (χ4n) is 2.71. The Kier molecular flexibility index (Phi) is 9.22. The highest BCUT2D eigenvalue weighted by Crippen LogP contribution is 2.36. The van der Waals surface area contributed by atoms with Gasteiger partial charge in [-0.15, -0.1) is 0 Å².